The summed E-state index contributed by atoms with van der Waals surface area (Å²) in [5.41, 5.74) is 3.12. The highest BCUT2D eigenvalue weighted by Gasteiger charge is 2.10. The van der Waals surface area contributed by atoms with E-state index >= 15 is 0 Å². The van der Waals surface area contributed by atoms with Crippen molar-refractivity contribution in [2.24, 2.45) is 0 Å². The number of nitrogens with zero attached hydrogens (tertiary/aromatic N) is 1. The molecule has 3 aromatic carbocycles. The van der Waals surface area contributed by atoms with Gasteiger partial charge in [-0.05, 0) is 60.5 Å². The van der Waals surface area contributed by atoms with Gasteiger partial charge in [0.1, 0.15) is 24.0 Å². The third kappa shape index (κ3) is 5.87. The van der Waals surface area contributed by atoms with Crippen molar-refractivity contribution in [2.75, 3.05) is 5.32 Å². The van der Waals surface area contributed by atoms with Crippen molar-refractivity contribution in [2.45, 2.75) is 13.5 Å². The molecule has 4 nitrogen and oxygen atoms in total. The summed E-state index contributed by atoms with van der Waals surface area (Å²) in [6, 6.07) is 21.7. The molecule has 0 aromatic heterocycles. The molecule has 0 radical (unpaired) electrons. The van der Waals surface area contributed by atoms with Gasteiger partial charge in [0.2, 0.25) is 0 Å². The Labute approximate surface area is 185 Å². The molecule has 1 amide bonds. The highest BCUT2D eigenvalue weighted by Crippen LogP contribution is 2.23. The van der Waals surface area contributed by atoms with E-state index < -0.39 is 5.91 Å². The van der Waals surface area contributed by atoms with E-state index in [1.807, 2.05) is 31.2 Å². The summed E-state index contributed by atoms with van der Waals surface area (Å²) in [7, 11) is 0. The van der Waals surface area contributed by atoms with E-state index in [4.69, 9.17) is 27.9 Å². The van der Waals surface area contributed by atoms with Gasteiger partial charge in [-0.15, -0.1) is 0 Å². The molecule has 1 N–H and O–H groups in total. The van der Waals surface area contributed by atoms with E-state index in [2.05, 4.69) is 5.32 Å². The quantitative estimate of drug-likeness (QED) is 0.357. The summed E-state index contributed by atoms with van der Waals surface area (Å²) in [6.07, 6.45) is 1.52. The lowest BCUT2D eigenvalue weighted by molar-refractivity contribution is -0.112. The summed E-state index contributed by atoms with van der Waals surface area (Å²) in [5, 5.41) is 13.3. The third-order valence-corrected chi connectivity index (χ3v) is 4.81. The van der Waals surface area contributed by atoms with Gasteiger partial charge in [0.15, 0.2) is 0 Å². The lowest BCUT2D eigenvalue weighted by Crippen LogP contribution is -2.13. The minimum atomic E-state index is -0.470. The van der Waals surface area contributed by atoms with Crippen LogP contribution in [0, 0.1) is 18.3 Å². The number of anilines is 1. The lowest BCUT2D eigenvalue weighted by Gasteiger charge is -2.09. The smallest absolute Gasteiger partial charge is 0.266 e. The second-order valence-corrected chi connectivity index (χ2v) is 7.43. The number of hydrogen-bond acceptors (Lipinski definition) is 3. The Kier molecular flexibility index (Phi) is 7.13. The molecular formula is C24H18Cl2N2O2. The van der Waals surface area contributed by atoms with Gasteiger partial charge in [-0.25, -0.2) is 0 Å². The molecule has 30 heavy (non-hydrogen) atoms. The standard InChI is InChI=1S/C24H18Cl2N2O2/c1-16-4-2-6-21(10-16)28-24(29)19(14-27)11-17-5-3-7-22(12-17)30-15-18-8-9-20(25)13-23(18)26/h2-13H,15H2,1H3,(H,28,29)/b19-11-. The van der Waals surface area contributed by atoms with Crippen LogP contribution in [0.4, 0.5) is 5.69 Å². The Bertz CT molecular complexity index is 1150. The van der Waals surface area contributed by atoms with Gasteiger partial charge in [-0.3, -0.25) is 4.79 Å². The number of rotatable bonds is 6. The first-order valence-corrected chi connectivity index (χ1v) is 9.87. The average molecular weight is 437 g/mol. The van der Waals surface area contributed by atoms with Crippen LogP contribution in [0.5, 0.6) is 5.75 Å². The van der Waals surface area contributed by atoms with Crippen molar-refractivity contribution in [3.05, 3.63) is 99.0 Å². The Hall–Kier alpha value is -3.26. The van der Waals surface area contributed by atoms with Crippen molar-refractivity contribution >= 4 is 40.9 Å². The summed E-state index contributed by atoms with van der Waals surface area (Å²) in [4.78, 5) is 12.5. The first-order chi connectivity index (χ1) is 14.4. The topological polar surface area (TPSA) is 62.1 Å². The molecule has 0 aliphatic carbocycles. The zero-order valence-corrected chi connectivity index (χ0v) is 17.7. The third-order valence-electron chi connectivity index (χ3n) is 4.22. The number of aryl methyl sites for hydroxylation is 1. The molecule has 0 fully saturated rings. The first kappa shape index (κ1) is 21.4. The molecular weight excluding hydrogens is 419 g/mol. The first-order valence-electron chi connectivity index (χ1n) is 9.11. The van der Waals surface area contributed by atoms with Crippen LogP contribution in [0.3, 0.4) is 0 Å². The van der Waals surface area contributed by atoms with Crippen LogP contribution in [0.25, 0.3) is 6.08 Å². The van der Waals surface area contributed by atoms with Gasteiger partial charge in [-0.1, -0.05) is 53.5 Å². The minimum absolute atomic E-state index is 0.00518. The molecule has 0 bridgehead atoms. The maximum atomic E-state index is 12.5. The molecule has 0 aliphatic rings. The number of nitrogens with one attached hydrogen (secondary N) is 1. The normalized spacial score (nSPS) is 10.9. The maximum Gasteiger partial charge on any atom is 0.266 e. The van der Waals surface area contributed by atoms with Crippen LogP contribution in [-0.4, -0.2) is 5.91 Å². The molecule has 0 saturated heterocycles. The number of halogens is 2. The van der Waals surface area contributed by atoms with E-state index in [-0.39, 0.29) is 12.2 Å². The van der Waals surface area contributed by atoms with E-state index in [0.717, 1.165) is 11.1 Å². The fraction of sp³-hybridized carbons (Fsp3) is 0.0833. The zero-order valence-electron chi connectivity index (χ0n) is 16.2. The SMILES string of the molecule is Cc1cccc(NC(=O)/C(C#N)=C\c2cccc(OCc3ccc(Cl)cc3Cl)c2)c1. The van der Waals surface area contributed by atoms with E-state index in [1.54, 1.807) is 48.5 Å². The summed E-state index contributed by atoms with van der Waals surface area (Å²) in [6.45, 7) is 2.20. The number of ether oxygens (including phenoxy) is 1. The van der Waals surface area contributed by atoms with E-state index in [0.29, 0.717) is 27.0 Å². The molecule has 0 saturated carbocycles. The summed E-state index contributed by atoms with van der Waals surface area (Å²) < 4.78 is 5.80. The maximum absolute atomic E-state index is 12.5. The van der Waals surface area contributed by atoms with Crippen molar-refractivity contribution < 1.29 is 9.53 Å². The van der Waals surface area contributed by atoms with Crippen LogP contribution in [-0.2, 0) is 11.4 Å². The predicted octanol–water partition coefficient (Wildman–Crippen LogP) is 6.43. The van der Waals surface area contributed by atoms with Crippen LogP contribution >= 0.6 is 23.2 Å². The molecule has 3 aromatic rings. The summed E-state index contributed by atoms with van der Waals surface area (Å²) in [5.74, 6) is 0.119. The molecule has 0 aliphatic heterocycles. The monoisotopic (exact) mass is 436 g/mol. The van der Waals surface area contributed by atoms with Crippen molar-refractivity contribution in [1.82, 2.24) is 0 Å². The molecule has 0 heterocycles. The van der Waals surface area contributed by atoms with Crippen LogP contribution in [0.1, 0.15) is 16.7 Å². The van der Waals surface area contributed by atoms with Gasteiger partial charge < -0.3 is 10.1 Å². The van der Waals surface area contributed by atoms with Gasteiger partial charge >= 0.3 is 0 Å². The highest BCUT2D eigenvalue weighted by molar-refractivity contribution is 6.35. The fourth-order valence-electron chi connectivity index (χ4n) is 2.73. The van der Waals surface area contributed by atoms with Crippen LogP contribution in [0.2, 0.25) is 10.0 Å². The lowest BCUT2D eigenvalue weighted by atomic mass is 10.1. The molecule has 6 heteroatoms. The molecule has 3 rings (SSSR count). The summed E-state index contributed by atoms with van der Waals surface area (Å²) >= 11 is 12.1. The Morgan fingerprint density at radius 2 is 1.90 bits per heavy atom. The Morgan fingerprint density at radius 3 is 2.63 bits per heavy atom. The average Bonchev–Trinajstić information content (AvgIpc) is 2.71. The van der Waals surface area contributed by atoms with Gasteiger partial charge in [-0.2, -0.15) is 5.26 Å². The van der Waals surface area contributed by atoms with Crippen molar-refractivity contribution in [3.63, 3.8) is 0 Å². The number of amides is 1. The Balaban J connectivity index is 1.72. The number of benzene rings is 3. The van der Waals surface area contributed by atoms with Gasteiger partial charge in [0.25, 0.3) is 5.91 Å². The van der Waals surface area contributed by atoms with Crippen LogP contribution in [0.15, 0.2) is 72.3 Å². The highest BCUT2D eigenvalue weighted by atomic mass is 35.5. The number of carbonyl (C=O) groups excluding carboxylic acids is 1. The van der Waals surface area contributed by atoms with Gasteiger partial charge in [0.05, 0.1) is 0 Å². The zero-order chi connectivity index (χ0) is 21.5. The number of hydrogen-bond donors (Lipinski definition) is 1. The van der Waals surface area contributed by atoms with Crippen molar-refractivity contribution in [3.8, 4) is 11.8 Å². The second-order valence-electron chi connectivity index (χ2n) is 6.59. The number of nitriles is 1. The molecule has 0 spiro atoms. The largest absolute Gasteiger partial charge is 0.489 e. The van der Waals surface area contributed by atoms with E-state index in [9.17, 15) is 10.1 Å². The van der Waals surface area contributed by atoms with Crippen molar-refractivity contribution in [1.29, 1.82) is 5.26 Å². The molecule has 0 unspecified atom stereocenters. The van der Waals surface area contributed by atoms with E-state index in [1.165, 1.54) is 6.08 Å². The van der Waals surface area contributed by atoms with Crippen LogP contribution < -0.4 is 10.1 Å². The molecule has 150 valence electrons. The Morgan fingerprint density at radius 1 is 1.10 bits per heavy atom. The number of carbonyl (C=O) groups is 1. The predicted molar refractivity (Wildman–Crippen MR) is 121 cm³/mol. The van der Waals surface area contributed by atoms with Gasteiger partial charge in [0, 0.05) is 21.3 Å². The minimum Gasteiger partial charge on any atom is -0.489 e. The molecule has 0 atom stereocenters. The second kappa shape index (κ2) is 9.98. The fourth-order valence-corrected chi connectivity index (χ4v) is 3.19.